The van der Waals surface area contributed by atoms with Crippen molar-refractivity contribution in [2.45, 2.75) is 25.3 Å². The molecule has 0 aliphatic heterocycles. The fraction of sp³-hybridized carbons (Fsp3) is 0.385. The second kappa shape index (κ2) is 6.68. The third-order valence-electron chi connectivity index (χ3n) is 2.71. The summed E-state index contributed by atoms with van der Waals surface area (Å²) in [5, 5.41) is 21.7. The highest BCUT2D eigenvalue weighted by molar-refractivity contribution is 5.75. The Morgan fingerprint density at radius 1 is 1.33 bits per heavy atom. The maximum Gasteiger partial charge on any atom is 0.416 e. The first-order valence-corrected chi connectivity index (χ1v) is 5.93. The van der Waals surface area contributed by atoms with E-state index < -0.39 is 29.9 Å². The van der Waals surface area contributed by atoms with Crippen LogP contribution < -0.4 is 5.32 Å². The summed E-state index contributed by atoms with van der Waals surface area (Å²) in [7, 11) is 0. The fourth-order valence-electron chi connectivity index (χ4n) is 1.66. The number of hydrogen-bond acceptors (Lipinski definition) is 4. The predicted molar refractivity (Wildman–Crippen MR) is 66.5 cm³/mol. The van der Waals surface area contributed by atoms with Crippen LogP contribution in [0.5, 0.6) is 0 Å². The van der Waals surface area contributed by atoms with Crippen molar-refractivity contribution in [1.29, 1.82) is 0 Å². The Bertz CT molecular complexity index is 531. The Labute approximate surface area is 118 Å². The summed E-state index contributed by atoms with van der Waals surface area (Å²) < 4.78 is 38.1. The maximum atomic E-state index is 12.7. The highest BCUT2D eigenvalue weighted by Gasteiger charge is 2.32. The van der Waals surface area contributed by atoms with Crippen LogP contribution >= 0.6 is 0 Å². The van der Waals surface area contributed by atoms with Gasteiger partial charge < -0.3 is 15.5 Å². The summed E-state index contributed by atoms with van der Waals surface area (Å²) in [4.78, 5) is 21.4. The van der Waals surface area contributed by atoms with E-state index in [1.165, 1.54) is 6.92 Å². The third kappa shape index (κ3) is 4.83. The van der Waals surface area contributed by atoms with Crippen LogP contribution in [0, 0.1) is 0 Å². The number of aldehydes is 1. The molecule has 0 bridgehead atoms. The molecule has 21 heavy (non-hydrogen) atoms. The molecule has 8 heteroatoms. The van der Waals surface area contributed by atoms with E-state index in [0.717, 1.165) is 6.07 Å². The van der Waals surface area contributed by atoms with Crippen LogP contribution in [0.3, 0.4) is 0 Å². The van der Waals surface area contributed by atoms with Crippen LogP contribution in [-0.4, -0.2) is 35.1 Å². The van der Waals surface area contributed by atoms with Gasteiger partial charge in [0.2, 0.25) is 5.91 Å². The Balaban J connectivity index is 3.05. The van der Waals surface area contributed by atoms with Crippen molar-refractivity contribution in [3.8, 4) is 0 Å². The van der Waals surface area contributed by atoms with Crippen LogP contribution in [-0.2, 0) is 11.0 Å². The lowest BCUT2D eigenvalue weighted by molar-refractivity contribution is -0.137. The molecule has 3 N–H and O–H groups in total. The molecule has 2 unspecified atom stereocenters. The smallest absolute Gasteiger partial charge is 0.388 e. The highest BCUT2D eigenvalue weighted by atomic mass is 19.4. The topological polar surface area (TPSA) is 86.6 Å². The van der Waals surface area contributed by atoms with Gasteiger partial charge in [-0.1, -0.05) is 0 Å². The molecule has 2 atom stereocenters. The van der Waals surface area contributed by atoms with Gasteiger partial charge in [-0.15, -0.1) is 0 Å². The minimum absolute atomic E-state index is 0.214. The summed E-state index contributed by atoms with van der Waals surface area (Å²) >= 11 is 0. The Kier molecular flexibility index (Phi) is 5.45. The van der Waals surface area contributed by atoms with Gasteiger partial charge >= 0.3 is 6.18 Å². The van der Waals surface area contributed by atoms with E-state index in [2.05, 4.69) is 5.32 Å². The molecule has 1 aromatic carbocycles. The van der Waals surface area contributed by atoms with Crippen molar-refractivity contribution >= 4 is 12.2 Å². The van der Waals surface area contributed by atoms with Crippen molar-refractivity contribution < 1.29 is 33.0 Å². The number of carbonyl (C=O) groups excluding carboxylic acids is 2. The second-order valence-electron chi connectivity index (χ2n) is 4.45. The number of aliphatic hydroxyl groups excluding tert-OH is 2. The molecule has 0 spiro atoms. The van der Waals surface area contributed by atoms with Gasteiger partial charge in [0, 0.05) is 19.0 Å². The number of nitrogens with one attached hydrogen (secondary N) is 1. The molecule has 0 fully saturated rings. The zero-order chi connectivity index (χ0) is 16.2. The summed E-state index contributed by atoms with van der Waals surface area (Å²) in [6, 6.07) is 2.34. The molecule has 0 aliphatic rings. The zero-order valence-electron chi connectivity index (χ0n) is 11.0. The largest absolute Gasteiger partial charge is 0.416 e. The van der Waals surface area contributed by atoms with Crippen LogP contribution in [0.1, 0.15) is 34.5 Å². The molecule has 116 valence electrons. The van der Waals surface area contributed by atoms with E-state index in [-0.39, 0.29) is 24.0 Å². The molecular formula is C13H14F3NO4. The van der Waals surface area contributed by atoms with E-state index in [4.69, 9.17) is 0 Å². The van der Waals surface area contributed by atoms with Crippen molar-refractivity contribution in [3.05, 3.63) is 34.9 Å². The molecule has 0 heterocycles. The zero-order valence-corrected chi connectivity index (χ0v) is 11.0. The lowest BCUT2D eigenvalue weighted by Crippen LogP contribution is -2.34. The van der Waals surface area contributed by atoms with Crippen LogP contribution in [0.4, 0.5) is 13.2 Å². The summed E-state index contributed by atoms with van der Waals surface area (Å²) in [6.45, 7) is 0.858. The number of rotatable bonds is 5. The molecule has 0 saturated carbocycles. The average Bonchev–Trinajstić information content (AvgIpc) is 2.42. The van der Waals surface area contributed by atoms with Gasteiger partial charge in [0.1, 0.15) is 18.5 Å². The molecule has 0 saturated heterocycles. The number of amides is 1. The SMILES string of the molecule is CC(=O)NCC(O)C(O)c1cc(C=O)cc(C(F)(F)F)c1. The van der Waals surface area contributed by atoms with Crippen molar-refractivity contribution in [3.63, 3.8) is 0 Å². The van der Waals surface area contributed by atoms with E-state index in [1.807, 2.05) is 0 Å². The van der Waals surface area contributed by atoms with E-state index in [1.54, 1.807) is 0 Å². The predicted octanol–water partition coefficient (Wildman–Crippen LogP) is 1.05. The maximum absolute atomic E-state index is 12.7. The highest BCUT2D eigenvalue weighted by Crippen LogP contribution is 2.32. The summed E-state index contributed by atoms with van der Waals surface area (Å²) in [6.07, 6.45) is -7.64. The molecule has 0 aromatic heterocycles. The number of halogens is 3. The van der Waals surface area contributed by atoms with Gasteiger partial charge in [0.25, 0.3) is 0 Å². The van der Waals surface area contributed by atoms with E-state index >= 15 is 0 Å². The van der Waals surface area contributed by atoms with Crippen LogP contribution in [0.25, 0.3) is 0 Å². The molecular weight excluding hydrogens is 291 g/mol. The van der Waals surface area contributed by atoms with Crippen molar-refractivity contribution in [1.82, 2.24) is 5.32 Å². The standard InChI is InChI=1S/C13H14F3NO4/c1-7(19)17-5-11(20)12(21)9-2-8(6-18)3-10(4-9)13(14,15)16/h2-4,6,11-12,20-21H,5H2,1H3,(H,17,19). The number of carbonyl (C=O) groups is 2. The molecule has 0 aliphatic carbocycles. The number of aliphatic hydroxyl groups is 2. The van der Waals surface area contributed by atoms with Crippen LogP contribution in [0.15, 0.2) is 18.2 Å². The molecule has 1 aromatic rings. The van der Waals surface area contributed by atoms with Gasteiger partial charge in [-0.2, -0.15) is 13.2 Å². The Morgan fingerprint density at radius 3 is 2.43 bits per heavy atom. The lowest BCUT2D eigenvalue weighted by atomic mass is 9.99. The van der Waals surface area contributed by atoms with E-state index in [9.17, 15) is 33.0 Å². The molecule has 0 radical (unpaired) electrons. The van der Waals surface area contributed by atoms with Crippen LogP contribution in [0.2, 0.25) is 0 Å². The van der Waals surface area contributed by atoms with Gasteiger partial charge in [-0.25, -0.2) is 0 Å². The van der Waals surface area contributed by atoms with Gasteiger partial charge in [0.05, 0.1) is 5.56 Å². The Morgan fingerprint density at radius 2 is 1.95 bits per heavy atom. The first-order chi connectivity index (χ1) is 9.65. The monoisotopic (exact) mass is 305 g/mol. The number of alkyl halides is 3. The first kappa shape index (κ1) is 17.1. The second-order valence-corrected chi connectivity index (χ2v) is 4.45. The van der Waals surface area contributed by atoms with Crippen molar-refractivity contribution in [2.24, 2.45) is 0 Å². The minimum Gasteiger partial charge on any atom is -0.388 e. The Hall–Kier alpha value is -1.93. The van der Waals surface area contributed by atoms with E-state index in [0.29, 0.717) is 12.1 Å². The quantitative estimate of drug-likeness (QED) is 0.710. The van der Waals surface area contributed by atoms with Gasteiger partial charge in [0.15, 0.2) is 0 Å². The minimum atomic E-state index is -4.68. The average molecular weight is 305 g/mol. The summed E-state index contributed by atoms with van der Waals surface area (Å²) in [5.74, 6) is -0.459. The normalized spacial score (nSPS) is 14.4. The number of hydrogen-bond donors (Lipinski definition) is 3. The van der Waals surface area contributed by atoms with Gasteiger partial charge in [-0.05, 0) is 23.8 Å². The molecule has 1 rings (SSSR count). The third-order valence-corrected chi connectivity index (χ3v) is 2.71. The fourth-order valence-corrected chi connectivity index (χ4v) is 1.66. The van der Waals surface area contributed by atoms with Crippen molar-refractivity contribution in [2.75, 3.05) is 6.54 Å². The molecule has 1 amide bonds. The first-order valence-electron chi connectivity index (χ1n) is 5.93. The lowest BCUT2D eigenvalue weighted by Gasteiger charge is -2.20. The molecule has 5 nitrogen and oxygen atoms in total. The number of benzene rings is 1. The summed E-state index contributed by atoms with van der Waals surface area (Å²) in [5.41, 5.74) is -1.64. The van der Waals surface area contributed by atoms with Gasteiger partial charge in [-0.3, -0.25) is 9.59 Å².